The lowest BCUT2D eigenvalue weighted by Gasteiger charge is -2.20. The molecule has 6 heteroatoms. The van der Waals surface area contributed by atoms with E-state index in [9.17, 15) is 4.39 Å². The monoisotopic (exact) mass is 314 g/mol. The molecule has 0 aliphatic heterocycles. The van der Waals surface area contributed by atoms with Crippen LogP contribution in [0.2, 0.25) is 0 Å². The van der Waals surface area contributed by atoms with Crippen molar-refractivity contribution in [3.05, 3.63) is 22.4 Å². The maximum Gasteiger partial charge on any atom is 0.201 e. The van der Waals surface area contributed by atoms with Crippen molar-refractivity contribution in [3.8, 4) is 0 Å². The first kappa shape index (κ1) is 13.3. The van der Waals surface area contributed by atoms with Gasteiger partial charge in [0.2, 0.25) is 5.95 Å². The number of benzene rings is 1. The van der Waals surface area contributed by atoms with Crippen molar-refractivity contribution in [2.75, 3.05) is 26.4 Å². The van der Waals surface area contributed by atoms with E-state index in [1.807, 2.05) is 18.7 Å². The predicted molar refractivity (Wildman–Crippen MR) is 75.1 cm³/mol. The molecule has 0 saturated carbocycles. The third-order valence-corrected chi connectivity index (χ3v) is 3.44. The molecule has 0 saturated heterocycles. The van der Waals surface area contributed by atoms with E-state index in [2.05, 4.69) is 32.7 Å². The van der Waals surface area contributed by atoms with Gasteiger partial charge in [-0.05, 0) is 43.0 Å². The van der Waals surface area contributed by atoms with Crippen LogP contribution in [0.5, 0.6) is 0 Å². The van der Waals surface area contributed by atoms with Crippen molar-refractivity contribution >= 4 is 32.9 Å². The highest BCUT2D eigenvalue weighted by Gasteiger charge is 2.16. The minimum Gasteiger partial charge on any atom is -0.369 e. The number of nitrogens with two attached hydrogens (primary N) is 1. The fourth-order valence-electron chi connectivity index (χ4n) is 2.18. The van der Waals surface area contributed by atoms with Crippen LogP contribution >= 0.6 is 15.9 Å². The molecule has 0 aliphatic carbocycles. The Labute approximate surface area is 114 Å². The van der Waals surface area contributed by atoms with Gasteiger partial charge in [-0.25, -0.2) is 9.37 Å². The quantitative estimate of drug-likeness (QED) is 0.947. The first-order valence-corrected chi connectivity index (χ1v) is 6.46. The number of nitrogen functional groups attached to an aromatic ring is 1. The summed E-state index contributed by atoms with van der Waals surface area (Å²) in [6.07, 6.45) is 0. The number of rotatable bonds is 3. The van der Waals surface area contributed by atoms with Gasteiger partial charge in [0.25, 0.3) is 0 Å². The van der Waals surface area contributed by atoms with Gasteiger partial charge in [0.1, 0.15) is 5.82 Å². The van der Waals surface area contributed by atoms with Crippen LogP contribution in [0, 0.1) is 5.82 Å². The summed E-state index contributed by atoms with van der Waals surface area (Å²) in [4.78, 5) is 6.28. The molecule has 18 heavy (non-hydrogen) atoms. The summed E-state index contributed by atoms with van der Waals surface area (Å²) in [6, 6.07) is 3.29. The molecule has 0 aliphatic rings. The largest absolute Gasteiger partial charge is 0.369 e. The van der Waals surface area contributed by atoms with E-state index in [1.54, 1.807) is 6.07 Å². The highest BCUT2D eigenvalue weighted by Crippen LogP contribution is 2.27. The van der Waals surface area contributed by atoms with Crippen LogP contribution in [0.4, 0.5) is 10.3 Å². The summed E-state index contributed by atoms with van der Waals surface area (Å²) in [7, 11) is 4.00. The van der Waals surface area contributed by atoms with Crippen molar-refractivity contribution in [1.82, 2.24) is 14.5 Å². The van der Waals surface area contributed by atoms with E-state index in [-0.39, 0.29) is 11.9 Å². The minimum atomic E-state index is -0.326. The molecule has 1 heterocycles. The van der Waals surface area contributed by atoms with Crippen LogP contribution in [0.1, 0.15) is 13.0 Å². The lowest BCUT2D eigenvalue weighted by molar-refractivity contribution is 0.342. The molecular formula is C12H16BrFN4. The fourth-order valence-corrected chi connectivity index (χ4v) is 2.51. The summed E-state index contributed by atoms with van der Waals surface area (Å²) in [5.41, 5.74) is 7.35. The zero-order valence-corrected chi connectivity index (χ0v) is 12.2. The van der Waals surface area contributed by atoms with Crippen molar-refractivity contribution < 1.29 is 4.39 Å². The number of fused-ring (bicyclic) bond motifs is 1. The maximum atomic E-state index is 13.5. The molecule has 0 amide bonds. The second kappa shape index (κ2) is 4.85. The highest BCUT2D eigenvalue weighted by molar-refractivity contribution is 9.10. The minimum absolute atomic E-state index is 0.169. The van der Waals surface area contributed by atoms with Crippen molar-refractivity contribution in [2.45, 2.75) is 13.0 Å². The second-order valence-corrected chi connectivity index (χ2v) is 5.56. The van der Waals surface area contributed by atoms with Gasteiger partial charge < -0.3 is 15.2 Å². The highest BCUT2D eigenvalue weighted by atomic mass is 79.9. The number of imidazole rings is 1. The number of likely N-dealkylation sites (N-methyl/N-ethyl adjacent to an activating group) is 1. The van der Waals surface area contributed by atoms with Gasteiger partial charge in [0, 0.05) is 18.7 Å². The Morgan fingerprint density at radius 1 is 1.50 bits per heavy atom. The number of anilines is 1. The molecule has 0 radical (unpaired) electrons. The molecule has 2 N–H and O–H groups in total. The van der Waals surface area contributed by atoms with E-state index in [0.717, 1.165) is 12.1 Å². The molecule has 4 nitrogen and oxygen atoms in total. The van der Waals surface area contributed by atoms with Gasteiger partial charge in [-0.2, -0.15) is 0 Å². The number of hydrogen-bond acceptors (Lipinski definition) is 3. The maximum absolute atomic E-state index is 13.5. The summed E-state index contributed by atoms with van der Waals surface area (Å²) in [6.45, 7) is 2.90. The van der Waals surface area contributed by atoms with Crippen LogP contribution in [0.3, 0.4) is 0 Å². The Morgan fingerprint density at radius 3 is 2.78 bits per heavy atom. The Hall–Kier alpha value is -1.14. The standard InChI is InChI=1S/C12H16BrFN4/c1-7(6-17(2)3)18-11-4-8(13)9(14)5-10(11)16-12(18)15/h4-5,7H,6H2,1-3H3,(H2,15,16). The number of hydrogen-bond donors (Lipinski definition) is 1. The lowest BCUT2D eigenvalue weighted by Crippen LogP contribution is -2.23. The molecule has 1 aromatic carbocycles. The van der Waals surface area contributed by atoms with Gasteiger partial charge in [-0.1, -0.05) is 0 Å². The smallest absolute Gasteiger partial charge is 0.201 e. The molecule has 98 valence electrons. The molecule has 2 aromatic rings. The SMILES string of the molecule is CC(CN(C)C)n1c(N)nc2cc(F)c(Br)cc21. The van der Waals surface area contributed by atoms with Crippen LogP contribution < -0.4 is 5.73 Å². The first-order valence-electron chi connectivity index (χ1n) is 5.67. The number of aromatic nitrogens is 2. The third kappa shape index (κ3) is 2.35. The zero-order chi connectivity index (χ0) is 13.4. The Kier molecular flexibility index (Phi) is 3.59. The van der Waals surface area contributed by atoms with Gasteiger partial charge in [0.05, 0.1) is 15.5 Å². The topological polar surface area (TPSA) is 47.1 Å². The predicted octanol–water partition coefficient (Wildman–Crippen LogP) is 2.64. The average Bonchev–Trinajstić information content (AvgIpc) is 2.53. The summed E-state index contributed by atoms with van der Waals surface area (Å²) in [5.74, 6) is 0.0873. The zero-order valence-electron chi connectivity index (χ0n) is 10.6. The van der Waals surface area contributed by atoms with Crippen LogP contribution in [0.15, 0.2) is 16.6 Å². The normalized spacial score (nSPS) is 13.4. The first-order chi connectivity index (χ1) is 8.40. The second-order valence-electron chi connectivity index (χ2n) is 4.71. The van der Waals surface area contributed by atoms with Crippen molar-refractivity contribution in [2.24, 2.45) is 0 Å². The van der Waals surface area contributed by atoms with Gasteiger partial charge in [0.15, 0.2) is 0 Å². The molecular weight excluding hydrogens is 299 g/mol. The molecule has 1 unspecified atom stereocenters. The van der Waals surface area contributed by atoms with E-state index in [1.165, 1.54) is 6.07 Å². The summed E-state index contributed by atoms with van der Waals surface area (Å²) < 4.78 is 15.8. The van der Waals surface area contributed by atoms with Crippen LogP contribution in [-0.2, 0) is 0 Å². The molecule has 1 atom stereocenters. The van der Waals surface area contributed by atoms with E-state index < -0.39 is 0 Å². The van der Waals surface area contributed by atoms with E-state index in [0.29, 0.717) is 15.9 Å². The van der Waals surface area contributed by atoms with Crippen molar-refractivity contribution in [1.29, 1.82) is 0 Å². The lowest BCUT2D eigenvalue weighted by atomic mass is 10.2. The molecule has 0 spiro atoms. The molecule has 1 aromatic heterocycles. The number of halogens is 2. The van der Waals surface area contributed by atoms with Gasteiger partial charge >= 0.3 is 0 Å². The van der Waals surface area contributed by atoms with E-state index >= 15 is 0 Å². The fraction of sp³-hybridized carbons (Fsp3) is 0.417. The van der Waals surface area contributed by atoms with Crippen LogP contribution in [-0.4, -0.2) is 35.1 Å². The van der Waals surface area contributed by atoms with Crippen LogP contribution in [0.25, 0.3) is 11.0 Å². The Morgan fingerprint density at radius 2 is 2.17 bits per heavy atom. The molecule has 0 fully saturated rings. The van der Waals surface area contributed by atoms with Gasteiger partial charge in [-0.15, -0.1) is 0 Å². The summed E-state index contributed by atoms with van der Waals surface area (Å²) in [5, 5.41) is 0. The summed E-state index contributed by atoms with van der Waals surface area (Å²) >= 11 is 3.19. The molecule has 2 rings (SSSR count). The third-order valence-electron chi connectivity index (χ3n) is 2.83. The van der Waals surface area contributed by atoms with E-state index in [4.69, 9.17) is 5.73 Å². The van der Waals surface area contributed by atoms with Gasteiger partial charge in [-0.3, -0.25) is 0 Å². The molecule has 0 bridgehead atoms. The Bertz CT molecular complexity index is 579. The average molecular weight is 315 g/mol. The van der Waals surface area contributed by atoms with Crippen molar-refractivity contribution in [3.63, 3.8) is 0 Å². The Balaban J connectivity index is 2.56. The number of nitrogens with zero attached hydrogens (tertiary/aromatic N) is 3.